The molecule has 26 heavy (non-hydrogen) atoms. The Morgan fingerprint density at radius 3 is 2.46 bits per heavy atom. The minimum Gasteiger partial charge on any atom is -0.374 e. The van der Waals surface area contributed by atoms with Gasteiger partial charge in [0, 0.05) is 12.1 Å². The zero-order valence-electron chi connectivity index (χ0n) is 14.9. The number of hydrogen-bond donors (Lipinski definition) is 1. The normalized spacial score (nSPS) is 10.9. The highest BCUT2D eigenvalue weighted by molar-refractivity contribution is 7.19. The van der Waals surface area contributed by atoms with E-state index in [2.05, 4.69) is 24.0 Å². The molecule has 0 radical (unpaired) electrons. The van der Waals surface area contributed by atoms with Gasteiger partial charge in [0.05, 0.1) is 0 Å². The number of nitrogen functional groups attached to an aromatic ring is 1. The van der Waals surface area contributed by atoms with Gasteiger partial charge in [-0.05, 0) is 35.6 Å². The van der Waals surface area contributed by atoms with Crippen molar-refractivity contribution < 1.29 is 4.79 Å². The standard InChI is InChI=1S/C20H22N4OS/c1-14(2)11-12-24(20-23-22-19(21)26-20)18(25)17-10-6-9-16(13-17)15-7-4-3-5-8-15/h3-10,13-14H,11-12H2,1-2H3,(H2,21,22). The quantitative estimate of drug-likeness (QED) is 0.698. The first-order valence-corrected chi connectivity index (χ1v) is 9.42. The van der Waals surface area contributed by atoms with E-state index in [0.717, 1.165) is 17.5 Å². The van der Waals surface area contributed by atoms with Crippen LogP contribution in [-0.4, -0.2) is 22.6 Å². The van der Waals surface area contributed by atoms with E-state index in [9.17, 15) is 4.79 Å². The van der Waals surface area contributed by atoms with E-state index in [-0.39, 0.29) is 5.91 Å². The van der Waals surface area contributed by atoms with Crippen LogP contribution < -0.4 is 10.6 Å². The van der Waals surface area contributed by atoms with Crippen LogP contribution in [0.4, 0.5) is 10.3 Å². The topological polar surface area (TPSA) is 72.1 Å². The van der Waals surface area contributed by atoms with Crippen LogP contribution in [0.15, 0.2) is 54.6 Å². The van der Waals surface area contributed by atoms with Crippen LogP contribution in [0.2, 0.25) is 0 Å². The summed E-state index contributed by atoms with van der Waals surface area (Å²) in [6, 6.07) is 17.7. The van der Waals surface area contributed by atoms with Crippen molar-refractivity contribution in [2.45, 2.75) is 20.3 Å². The van der Waals surface area contributed by atoms with Gasteiger partial charge >= 0.3 is 0 Å². The van der Waals surface area contributed by atoms with E-state index in [1.54, 1.807) is 4.90 Å². The fourth-order valence-electron chi connectivity index (χ4n) is 2.63. The first-order chi connectivity index (χ1) is 12.5. The number of anilines is 2. The van der Waals surface area contributed by atoms with Crippen LogP contribution in [0, 0.1) is 5.92 Å². The second kappa shape index (κ2) is 8.10. The molecule has 0 unspecified atom stereocenters. The Morgan fingerprint density at radius 1 is 1.08 bits per heavy atom. The molecule has 1 amide bonds. The van der Waals surface area contributed by atoms with Gasteiger partial charge in [-0.3, -0.25) is 9.69 Å². The largest absolute Gasteiger partial charge is 0.374 e. The average Bonchev–Trinajstić information content (AvgIpc) is 3.08. The summed E-state index contributed by atoms with van der Waals surface area (Å²) in [5.74, 6) is 0.394. The fraction of sp³-hybridized carbons (Fsp3) is 0.250. The number of aromatic nitrogens is 2. The molecule has 0 saturated heterocycles. The van der Waals surface area contributed by atoms with Crippen molar-refractivity contribution in [1.82, 2.24) is 10.2 Å². The summed E-state index contributed by atoms with van der Waals surface area (Å²) in [5.41, 5.74) is 8.44. The van der Waals surface area contributed by atoms with Crippen molar-refractivity contribution in [1.29, 1.82) is 0 Å². The molecule has 2 N–H and O–H groups in total. The van der Waals surface area contributed by atoms with E-state index in [1.807, 2.05) is 54.6 Å². The van der Waals surface area contributed by atoms with Gasteiger partial charge in [-0.2, -0.15) is 0 Å². The molecular weight excluding hydrogens is 344 g/mol. The van der Waals surface area contributed by atoms with E-state index in [1.165, 1.54) is 11.3 Å². The number of benzene rings is 2. The van der Waals surface area contributed by atoms with Crippen molar-refractivity contribution >= 4 is 27.5 Å². The van der Waals surface area contributed by atoms with Crippen molar-refractivity contribution in [2.75, 3.05) is 17.2 Å². The number of amides is 1. The highest BCUT2D eigenvalue weighted by Crippen LogP contribution is 2.26. The molecule has 1 aromatic heterocycles. The maximum atomic E-state index is 13.2. The Labute approximate surface area is 157 Å². The molecule has 6 heteroatoms. The van der Waals surface area contributed by atoms with Gasteiger partial charge in [-0.1, -0.05) is 67.6 Å². The lowest BCUT2D eigenvalue weighted by atomic mass is 10.0. The minimum absolute atomic E-state index is 0.0837. The Hall–Kier alpha value is -2.73. The summed E-state index contributed by atoms with van der Waals surface area (Å²) in [7, 11) is 0. The Bertz CT molecular complexity index is 876. The lowest BCUT2D eigenvalue weighted by Gasteiger charge is -2.20. The second-order valence-corrected chi connectivity index (χ2v) is 7.50. The fourth-order valence-corrected chi connectivity index (χ4v) is 3.26. The van der Waals surface area contributed by atoms with Crippen LogP contribution in [0.25, 0.3) is 11.1 Å². The number of nitrogens with zero attached hydrogens (tertiary/aromatic N) is 3. The van der Waals surface area contributed by atoms with Gasteiger partial charge in [0.25, 0.3) is 5.91 Å². The van der Waals surface area contributed by atoms with Crippen molar-refractivity contribution in [3.05, 3.63) is 60.2 Å². The van der Waals surface area contributed by atoms with Gasteiger partial charge < -0.3 is 5.73 Å². The molecule has 0 aliphatic rings. The number of nitrogens with two attached hydrogens (primary N) is 1. The minimum atomic E-state index is -0.0837. The maximum Gasteiger partial charge on any atom is 0.260 e. The second-order valence-electron chi connectivity index (χ2n) is 6.51. The average molecular weight is 366 g/mol. The molecule has 3 aromatic rings. The van der Waals surface area contributed by atoms with Gasteiger partial charge in [0.1, 0.15) is 0 Å². The lowest BCUT2D eigenvalue weighted by molar-refractivity contribution is 0.0985. The summed E-state index contributed by atoms with van der Waals surface area (Å²) < 4.78 is 0. The molecule has 0 spiro atoms. The summed E-state index contributed by atoms with van der Waals surface area (Å²) in [6.07, 6.45) is 0.879. The summed E-state index contributed by atoms with van der Waals surface area (Å²) >= 11 is 1.23. The van der Waals surface area contributed by atoms with Crippen molar-refractivity contribution in [3.63, 3.8) is 0 Å². The van der Waals surface area contributed by atoms with Gasteiger partial charge in [0.15, 0.2) is 0 Å². The lowest BCUT2D eigenvalue weighted by Crippen LogP contribution is -2.32. The third-order valence-electron chi connectivity index (χ3n) is 4.05. The summed E-state index contributed by atoms with van der Waals surface area (Å²) in [5, 5.41) is 8.83. The molecule has 0 saturated carbocycles. The molecule has 3 rings (SSSR count). The zero-order valence-corrected chi connectivity index (χ0v) is 15.7. The molecular formula is C20H22N4OS. The molecule has 1 heterocycles. The molecule has 0 aliphatic carbocycles. The molecule has 134 valence electrons. The monoisotopic (exact) mass is 366 g/mol. The van der Waals surface area contributed by atoms with Crippen molar-refractivity contribution in [3.8, 4) is 11.1 Å². The third-order valence-corrected chi connectivity index (χ3v) is 4.83. The molecule has 5 nitrogen and oxygen atoms in total. The highest BCUT2D eigenvalue weighted by atomic mass is 32.1. The highest BCUT2D eigenvalue weighted by Gasteiger charge is 2.21. The number of carbonyl (C=O) groups excluding carboxylic acids is 1. The summed E-state index contributed by atoms with van der Waals surface area (Å²) in [4.78, 5) is 14.9. The number of rotatable bonds is 6. The van der Waals surface area contributed by atoms with Crippen LogP contribution >= 0.6 is 11.3 Å². The first-order valence-electron chi connectivity index (χ1n) is 8.61. The van der Waals surface area contributed by atoms with E-state index < -0.39 is 0 Å². The van der Waals surface area contributed by atoms with Crippen LogP contribution in [0.5, 0.6) is 0 Å². The van der Waals surface area contributed by atoms with Crippen LogP contribution in [0.3, 0.4) is 0 Å². The van der Waals surface area contributed by atoms with Gasteiger partial charge in [-0.25, -0.2) is 0 Å². The van der Waals surface area contributed by atoms with E-state index in [4.69, 9.17) is 5.73 Å². The third kappa shape index (κ3) is 4.26. The first kappa shape index (κ1) is 18.1. The summed E-state index contributed by atoms with van der Waals surface area (Å²) in [6.45, 7) is 4.85. The Kier molecular flexibility index (Phi) is 5.63. The van der Waals surface area contributed by atoms with E-state index in [0.29, 0.717) is 28.3 Å². The van der Waals surface area contributed by atoms with Gasteiger partial charge in [0.2, 0.25) is 10.3 Å². The smallest absolute Gasteiger partial charge is 0.260 e. The number of carbonyl (C=O) groups is 1. The number of hydrogen-bond acceptors (Lipinski definition) is 5. The Balaban J connectivity index is 1.91. The SMILES string of the molecule is CC(C)CCN(C(=O)c1cccc(-c2ccccc2)c1)c1nnc(N)s1. The molecule has 2 aromatic carbocycles. The van der Waals surface area contributed by atoms with Crippen LogP contribution in [-0.2, 0) is 0 Å². The Morgan fingerprint density at radius 2 is 1.81 bits per heavy atom. The zero-order chi connectivity index (χ0) is 18.5. The van der Waals surface area contributed by atoms with Gasteiger partial charge in [-0.15, -0.1) is 10.2 Å². The van der Waals surface area contributed by atoms with Crippen molar-refractivity contribution in [2.24, 2.45) is 5.92 Å². The van der Waals surface area contributed by atoms with Crippen LogP contribution in [0.1, 0.15) is 30.6 Å². The molecule has 0 aliphatic heterocycles. The predicted molar refractivity (Wildman–Crippen MR) is 107 cm³/mol. The van der Waals surface area contributed by atoms with E-state index >= 15 is 0 Å². The molecule has 0 atom stereocenters. The maximum absolute atomic E-state index is 13.2. The predicted octanol–water partition coefficient (Wildman–Crippen LogP) is 4.48. The molecule has 0 bridgehead atoms. The molecule has 0 fully saturated rings.